The molecule has 8 heteroatoms. The predicted octanol–water partition coefficient (Wildman–Crippen LogP) is 7.27. The summed E-state index contributed by atoms with van der Waals surface area (Å²) in [7, 11) is -0.892. The Bertz CT molecular complexity index is 1520. The number of alkyl halides is 3. The first kappa shape index (κ1) is 39.2. The van der Waals surface area contributed by atoms with Gasteiger partial charge in [-0.3, -0.25) is 4.79 Å². The van der Waals surface area contributed by atoms with E-state index in [0.29, 0.717) is 0 Å². The zero-order chi connectivity index (χ0) is 34.2. The van der Waals surface area contributed by atoms with Crippen LogP contribution in [0.1, 0.15) is 6.92 Å². The van der Waals surface area contributed by atoms with Crippen molar-refractivity contribution in [2.75, 3.05) is 0 Å². The first-order valence-electron chi connectivity index (χ1n) is 15.1. The summed E-state index contributed by atoms with van der Waals surface area (Å²) in [5, 5.41) is 18.3. The molecule has 2 nitrogen and oxygen atoms in total. The summed E-state index contributed by atoms with van der Waals surface area (Å²) in [5.74, 6) is -3.01. The fraction of sp³-hybridized carbons (Fsp3) is 0.0488. The van der Waals surface area contributed by atoms with E-state index in [4.69, 9.17) is 0 Å². The van der Waals surface area contributed by atoms with E-state index < -0.39 is 33.6 Å². The number of benzene rings is 6. The van der Waals surface area contributed by atoms with Crippen LogP contribution in [0.4, 0.5) is 13.2 Å². The van der Waals surface area contributed by atoms with E-state index in [9.17, 15) is 23.1 Å². The van der Waals surface area contributed by atoms with E-state index in [2.05, 4.69) is 182 Å². The molecular weight excluding hydrogens is 746 g/mol. The van der Waals surface area contributed by atoms with Gasteiger partial charge in [-0.1, -0.05) is 182 Å². The van der Waals surface area contributed by atoms with Gasteiger partial charge < -0.3 is 5.11 Å². The topological polar surface area (TPSA) is 40.1 Å². The van der Waals surface area contributed by atoms with Gasteiger partial charge in [0.05, 0.1) is 0 Å². The molecule has 0 fully saturated rings. The summed E-state index contributed by atoms with van der Waals surface area (Å²) < 4.78 is 33.8. The van der Waals surface area contributed by atoms with Crippen molar-refractivity contribution in [1.82, 2.24) is 0 Å². The third kappa shape index (κ3) is 12.6. The van der Waals surface area contributed by atoms with Crippen molar-refractivity contribution < 1.29 is 42.6 Å². The zero-order valence-electron chi connectivity index (χ0n) is 26.6. The molecule has 6 aromatic carbocycles. The molecule has 0 aliphatic carbocycles. The molecular formula is C41H34F3O2P2Rh-. The molecule has 0 heterocycles. The smallest absolute Gasteiger partial charge is 0.402 e. The fourth-order valence-corrected chi connectivity index (χ4v) is 9.23. The maximum Gasteiger partial charge on any atom is 0.402 e. The molecule has 0 atom stereocenters. The molecule has 49 heavy (non-hydrogen) atoms. The number of carbonyl (C=O) groups excluding carboxylic acids is 1. The Morgan fingerprint density at radius 3 is 0.776 bits per heavy atom. The number of allylic oxidation sites excluding steroid dienone is 2. The summed E-state index contributed by atoms with van der Waals surface area (Å²) in [6.45, 7) is 0.879. The van der Waals surface area contributed by atoms with Crippen molar-refractivity contribution in [2.24, 2.45) is 0 Å². The number of hydrogen-bond acceptors (Lipinski definition) is 2. The summed E-state index contributed by atoms with van der Waals surface area (Å²) in [5.41, 5.74) is 0. The van der Waals surface area contributed by atoms with E-state index in [0.717, 1.165) is 6.92 Å². The van der Waals surface area contributed by atoms with E-state index in [1.54, 1.807) is 0 Å². The molecule has 0 saturated heterocycles. The van der Waals surface area contributed by atoms with Crippen molar-refractivity contribution in [3.8, 4) is 0 Å². The van der Waals surface area contributed by atoms with Gasteiger partial charge in [0.2, 0.25) is 0 Å². The molecule has 1 radical (unpaired) electrons. The monoisotopic (exact) mass is 780 g/mol. The maximum atomic E-state index is 11.3. The van der Waals surface area contributed by atoms with E-state index in [1.807, 2.05) is 0 Å². The van der Waals surface area contributed by atoms with Crippen LogP contribution >= 0.6 is 15.8 Å². The Balaban J connectivity index is 0.000000208. The van der Waals surface area contributed by atoms with Gasteiger partial charge in [0, 0.05) is 19.5 Å². The molecule has 0 N–H and O–H groups in total. The minimum absolute atomic E-state index is 0. The summed E-state index contributed by atoms with van der Waals surface area (Å²) in [6, 6.07) is 64.7. The van der Waals surface area contributed by atoms with E-state index >= 15 is 0 Å². The Kier molecular flexibility index (Phi) is 16.3. The second kappa shape index (κ2) is 20.3. The van der Waals surface area contributed by atoms with Crippen LogP contribution in [0.15, 0.2) is 194 Å². The standard InChI is InChI=1S/2C18H15P.C5H5F3O2.Rh/c2*1-4-10-16(11-5-1)19(17-12-6-2-7-13-17)18-14-8-3-9-15-18;1-3(9)2-4(10)5(6,7)8;/h2*1-15H;2,10H,1H3;/p-1/b;;4-2-;. The van der Waals surface area contributed by atoms with Gasteiger partial charge in [-0.25, -0.2) is 0 Å². The molecule has 6 rings (SSSR count). The first-order valence-corrected chi connectivity index (χ1v) is 17.8. The Morgan fingerprint density at radius 1 is 0.469 bits per heavy atom. The number of hydrogen-bond donors (Lipinski definition) is 0. The molecule has 0 amide bonds. The van der Waals surface area contributed by atoms with E-state index in [-0.39, 0.29) is 25.6 Å². The summed E-state index contributed by atoms with van der Waals surface area (Å²) in [6.07, 6.45) is -4.91. The predicted molar refractivity (Wildman–Crippen MR) is 195 cm³/mol. The van der Waals surface area contributed by atoms with Gasteiger partial charge in [0.15, 0.2) is 5.78 Å². The molecule has 0 bridgehead atoms. The number of ketones is 1. The zero-order valence-corrected chi connectivity index (χ0v) is 30.0. The molecule has 0 aromatic heterocycles. The molecule has 0 unspecified atom stereocenters. The van der Waals surface area contributed by atoms with Crippen LogP contribution in [0.25, 0.3) is 0 Å². The van der Waals surface area contributed by atoms with Gasteiger partial charge in [-0.15, -0.1) is 0 Å². The summed E-state index contributed by atoms with van der Waals surface area (Å²) >= 11 is 0. The van der Waals surface area contributed by atoms with Gasteiger partial charge in [-0.2, -0.15) is 13.2 Å². The third-order valence-electron chi connectivity index (χ3n) is 6.70. The number of rotatable bonds is 7. The maximum absolute atomic E-state index is 11.3. The van der Waals surface area contributed by atoms with Crippen molar-refractivity contribution >= 4 is 53.5 Å². The minimum Gasteiger partial charge on any atom is -0.869 e. The van der Waals surface area contributed by atoms with Gasteiger partial charge in [-0.05, 0) is 66.4 Å². The van der Waals surface area contributed by atoms with Crippen molar-refractivity contribution in [1.29, 1.82) is 0 Å². The van der Waals surface area contributed by atoms with Gasteiger partial charge in [0.25, 0.3) is 0 Å². The average Bonchev–Trinajstić information content (AvgIpc) is 3.11. The van der Waals surface area contributed by atoms with Crippen LogP contribution in [-0.4, -0.2) is 12.0 Å². The van der Waals surface area contributed by atoms with Crippen molar-refractivity contribution in [3.63, 3.8) is 0 Å². The second-order valence-electron chi connectivity index (χ2n) is 10.3. The van der Waals surface area contributed by atoms with Crippen LogP contribution in [-0.2, 0) is 24.3 Å². The normalized spacial score (nSPS) is 10.9. The SMILES string of the molecule is CC(=O)/C=C(\[O-])C(F)(F)F.[Rh].c1ccc(P(c2ccccc2)c2ccccc2)cc1.c1ccc(P(c2ccccc2)c2ccccc2)cc1. The Morgan fingerprint density at radius 2 is 0.653 bits per heavy atom. The van der Waals surface area contributed by atoms with Crippen LogP contribution in [0.5, 0.6) is 0 Å². The van der Waals surface area contributed by atoms with Crippen LogP contribution in [0, 0.1) is 0 Å². The molecule has 251 valence electrons. The third-order valence-corrected chi connectivity index (χ3v) is 11.6. The molecule has 6 aromatic rings. The Labute approximate surface area is 301 Å². The number of halogens is 3. The van der Waals surface area contributed by atoms with Crippen molar-refractivity contribution in [2.45, 2.75) is 13.1 Å². The fourth-order valence-electron chi connectivity index (χ4n) is 4.62. The average molecular weight is 781 g/mol. The molecule has 0 spiro atoms. The number of carbonyl (C=O) groups is 1. The van der Waals surface area contributed by atoms with Crippen LogP contribution in [0.3, 0.4) is 0 Å². The molecule has 0 aliphatic heterocycles. The van der Waals surface area contributed by atoms with Crippen LogP contribution < -0.4 is 36.9 Å². The Hall–Kier alpha value is -4.20. The second-order valence-corrected chi connectivity index (χ2v) is 14.7. The van der Waals surface area contributed by atoms with Gasteiger partial charge in [0.1, 0.15) is 0 Å². The van der Waals surface area contributed by atoms with Crippen LogP contribution in [0.2, 0.25) is 0 Å². The van der Waals surface area contributed by atoms with E-state index in [1.165, 1.54) is 31.8 Å². The minimum atomic E-state index is -4.92. The molecule has 0 saturated carbocycles. The largest absolute Gasteiger partial charge is 0.869 e. The van der Waals surface area contributed by atoms with Gasteiger partial charge >= 0.3 is 6.18 Å². The summed E-state index contributed by atoms with van der Waals surface area (Å²) in [4.78, 5) is 9.92. The quantitative estimate of drug-likeness (QED) is 0.0741. The first-order chi connectivity index (χ1) is 23.2. The molecule has 0 aliphatic rings. The van der Waals surface area contributed by atoms with Crippen molar-refractivity contribution in [3.05, 3.63) is 194 Å².